The predicted molar refractivity (Wildman–Crippen MR) is 141 cm³/mol. The SMILES string of the molecule is COc1cc2c(Oc3ccc4c(c3F)CC(C)N4)ncnc2cc1OCCCCCC(=O)N1CCC(O)C1. The molecule has 0 radical (unpaired) electrons. The van der Waals surface area contributed by atoms with E-state index in [0.29, 0.717) is 66.9 Å². The number of ether oxygens (including phenoxy) is 3. The van der Waals surface area contributed by atoms with Gasteiger partial charge < -0.3 is 29.5 Å². The number of hydrogen-bond donors (Lipinski definition) is 2. The third-order valence-corrected chi connectivity index (χ3v) is 7.02. The molecular formula is C28H33FN4O5. The molecule has 1 saturated heterocycles. The Bertz CT molecular complexity index is 1320. The minimum Gasteiger partial charge on any atom is -0.493 e. The van der Waals surface area contributed by atoms with Gasteiger partial charge >= 0.3 is 0 Å². The van der Waals surface area contributed by atoms with E-state index in [1.54, 1.807) is 30.2 Å². The van der Waals surface area contributed by atoms with Gasteiger partial charge in [0.1, 0.15) is 6.33 Å². The van der Waals surface area contributed by atoms with Gasteiger partial charge in [-0.25, -0.2) is 14.4 Å². The lowest BCUT2D eigenvalue weighted by Crippen LogP contribution is -2.29. The zero-order chi connectivity index (χ0) is 26.6. The lowest BCUT2D eigenvalue weighted by atomic mass is 10.1. The molecule has 0 aliphatic carbocycles. The van der Waals surface area contributed by atoms with Crippen LogP contribution in [0.15, 0.2) is 30.6 Å². The topological polar surface area (TPSA) is 106 Å². The van der Waals surface area contributed by atoms with Gasteiger partial charge in [-0.15, -0.1) is 0 Å². The number of halogens is 1. The number of amides is 1. The van der Waals surface area contributed by atoms with Crippen molar-refractivity contribution < 1.29 is 28.5 Å². The summed E-state index contributed by atoms with van der Waals surface area (Å²) in [6.45, 7) is 3.55. The molecule has 2 aliphatic heterocycles. The maximum atomic E-state index is 15.1. The molecule has 2 aromatic carbocycles. The molecule has 1 fully saturated rings. The van der Waals surface area contributed by atoms with Gasteiger partial charge in [-0.3, -0.25) is 4.79 Å². The summed E-state index contributed by atoms with van der Waals surface area (Å²) in [5, 5.41) is 13.4. The Morgan fingerprint density at radius 2 is 2.05 bits per heavy atom. The third kappa shape index (κ3) is 5.60. The summed E-state index contributed by atoms with van der Waals surface area (Å²) in [5.74, 6) is 1.08. The maximum absolute atomic E-state index is 15.1. The fraction of sp³-hybridized carbons (Fsp3) is 0.464. The first-order valence-electron chi connectivity index (χ1n) is 13.1. The molecule has 5 rings (SSSR count). The summed E-state index contributed by atoms with van der Waals surface area (Å²) in [7, 11) is 1.55. The molecule has 38 heavy (non-hydrogen) atoms. The Balaban J connectivity index is 1.21. The number of rotatable bonds is 10. The highest BCUT2D eigenvalue weighted by atomic mass is 19.1. The first-order valence-corrected chi connectivity index (χ1v) is 13.1. The number of aliphatic hydroxyl groups excluding tert-OH is 1. The number of benzene rings is 2. The van der Waals surface area contributed by atoms with Gasteiger partial charge in [0.05, 0.1) is 30.7 Å². The van der Waals surface area contributed by atoms with E-state index in [4.69, 9.17) is 14.2 Å². The Morgan fingerprint density at radius 1 is 1.18 bits per heavy atom. The summed E-state index contributed by atoms with van der Waals surface area (Å²) >= 11 is 0. The number of methoxy groups -OCH3 is 1. The van der Waals surface area contributed by atoms with Crippen LogP contribution in [0.3, 0.4) is 0 Å². The van der Waals surface area contributed by atoms with Crippen LogP contribution in [0.25, 0.3) is 10.9 Å². The molecule has 0 saturated carbocycles. The van der Waals surface area contributed by atoms with Crippen LogP contribution in [-0.2, 0) is 11.2 Å². The van der Waals surface area contributed by atoms with E-state index < -0.39 is 5.82 Å². The Morgan fingerprint density at radius 3 is 2.84 bits per heavy atom. The van der Waals surface area contributed by atoms with Crippen LogP contribution >= 0.6 is 0 Å². The molecule has 2 unspecified atom stereocenters. The number of nitrogens with zero attached hydrogens (tertiary/aromatic N) is 3. The number of carbonyl (C=O) groups excluding carboxylic acids is 1. The normalized spacial score (nSPS) is 18.4. The van der Waals surface area contributed by atoms with Gasteiger partial charge in [0.15, 0.2) is 23.1 Å². The quantitative estimate of drug-likeness (QED) is 0.375. The maximum Gasteiger partial charge on any atom is 0.230 e. The lowest BCUT2D eigenvalue weighted by molar-refractivity contribution is -0.130. The van der Waals surface area contributed by atoms with Crippen molar-refractivity contribution in [3.05, 3.63) is 42.0 Å². The second-order valence-electron chi connectivity index (χ2n) is 9.90. The van der Waals surface area contributed by atoms with E-state index in [1.165, 1.54) is 6.33 Å². The summed E-state index contributed by atoms with van der Waals surface area (Å²) in [5.41, 5.74) is 1.98. The predicted octanol–water partition coefficient (Wildman–Crippen LogP) is 4.46. The van der Waals surface area contributed by atoms with Gasteiger partial charge in [-0.05, 0) is 57.2 Å². The average Bonchev–Trinajstić information content (AvgIpc) is 3.52. The van der Waals surface area contributed by atoms with Crippen molar-refractivity contribution in [3.63, 3.8) is 0 Å². The highest BCUT2D eigenvalue weighted by Gasteiger charge is 2.25. The first kappa shape index (κ1) is 26.0. The molecule has 9 nitrogen and oxygen atoms in total. The number of β-amino-alcohol motifs (C(OH)–C–C–N with tert-alkyl or cyclic N) is 1. The van der Waals surface area contributed by atoms with Crippen LogP contribution in [0.4, 0.5) is 10.1 Å². The summed E-state index contributed by atoms with van der Waals surface area (Å²) in [6, 6.07) is 7.09. The Kier molecular flexibility index (Phi) is 7.78. The largest absolute Gasteiger partial charge is 0.493 e. The van der Waals surface area contributed by atoms with Gasteiger partial charge in [-0.1, -0.05) is 0 Å². The number of nitrogens with one attached hydrogen (secondary N) is 1. The smallest absolute Gasteiger partial charge is 0.230 e. The first-order chi connectivity index (χ1) is 18.4. The van der Waals surface area contributed by atoms with Crippen molar-refractivity contribution in [2.45, 2.75) is 57.6 Å². The van der Waals surface area contributed by atoms with E-state index in [0.717, 1.165) is 24.9 Å². The fourth-order valence-electron chi connectivity index (χ4n) is 5.00. The van der Waals surface area contributed by atoms with Crippen LogP contribution < -0.4 is 19.5 Å². The van der Waals surface area contributed by atoms with Crippen LogP contribution in [0, 0.1) is 5.82 Å². The monoisotopic (exact) mass is 524 g/mol. The zero-order valence-corrected chi connectivity index (χ0v) is 21.7. The second-order valence-corrected chi connectivity index (χ2v) is 9.90. The number of aromatic nitrogens is 2. The minimum atomic E-state index is -0.391. The van der Waals surface area contributed by atoms with E-state index in [1.807, 2.05) is 13.0 Å². The molecule has 3 heterocycles. The fourth-order valence-corrected chi connectivity index (χ4v) is 5.00. The molecule has 2 atom stereocenters. The minimum absolute atomic E-state index is 0.0994. The van der Waals surface area contributed by atoms with Gasteiger partial charge in [-0.2, -0.15) is 0 Å². The molecule has 10 heteroatoms. The van der Waals surface area contributed by atoms with E-state index in [9.17, 15) is 9.90 Å². The van der Waals surface area contributed by atoms with Crippen molar-refractivity contribution in [1.29, 1.82) is 0 Å². The summed E-state index contributed by atoms with van der Waals surface area (Å²) in [6.07, 6.45) is 5.11. The Hall–Kier alpha value is -3.66. The number of carbonyl (C=O) groups is 1. The van der Waals surface area contributed by atoms with Crippen LogP contribution in [0.5, 0.6) is 23.1 Å². The highest BCUT2D eigenvalue weighted by Crippen LogP contribution is 2.39. The number of unbranched alkanes of at least 4 members (excludes halogenated alkanes) is 2. The van der Waals surface area contributed by atoms with Crippen LogP contribution in [0.2, 0.25) is 0 Å². The van der Waals surface area contributed by atoms with E-state index >= 15 is 4.39 Å². The van der Waals surface area contributed by atoms with Crippen LogP contribution in [0.1, 0.15) is 44.6 Å². The van der Waals surface area contributed by atoms with Crippen molar-refractivity contribution >= 4 is 22.5 Å². The standard InChI is InChI=1S/C28H33FN4O5/c1-17-12-19-21(32-17)7-8-23(27(19)29)38-28-20-13-24(36-2)25(14-22(20)30-16-31-28)37-11-5-3-4-6-26(35)33-10-9-18(34)15-33/h7-8,13-14,16-18,32,34H,3-6,9-12,15H2,1-2H3. The van der Waals surface area contributed by atoms with Crippen LogP contribution in [-0.4, -0.2) is 64.8 Å². The molecule has 202 valence electrons. The molecule has 3 aromatic rings. The summed E-state index contributed by atoms with van der Waals surface area (Å²) < 4.78 is 32.6. The number of anilines is 1. The molecule has 2 aliphatic rings. The molecule has 1 amide bonds. The zero-order valence-electron chi connectivity index (χ0n) is 21.7. The van der Waals surface area contributed by atoms with Gasteiger partial charge in [0.2, 0.25) is 11.8 Å². The van der Waals surface area contributed by atoms with E-state index in [2.05, 4.69) is 15.3 Å². The number of fused-ring (bicyclic) bond motifs is 2. The number of likely N-dealkylation sites (tertiary alicyclic amines) is 1. The third-order valence-electron chi connectivity index (χ3n) is 7.02. The number of hydrogen-bond acceptors (Lipinski definition) is 8. The lowest BCUT2D eigenvalue weighted by Gasteiger charge is -2.15. The molecule has 0 bridgehead atoms. The molecule has 1 aromatic heterocycles. The van der Waals surface area contributed by atoms with Gasteiger partial charge in [0.25, 0.3) is 0 Å². The molecule has 0 spiro atoms. The van der Waals surface area contributed by atoms with E-state index in [-0.39, 0.29) is 29.7 Å². The van der Waals surface area contributed by atoms with Crippen molar-refractivity contribution in [2.24, 2.45) is 0 Å². The summed E-state index contributed by atoms with van der Waals surface area (Å²) in [4.78, 5) is 22.5. The molecule has 2 N–H and O–H groups in total. The van der Waals surface area contributed by atoms with Gasteiger partial charge in [0, 0.05) is 42.9 Å². The molecular weight excluding hydrogens is 491 g/mol. The Labute approximate surface area is 220 Å². The average molecular weight is 525 g/mol. The van der Waals surface area contributed by atoms with Crippen molar-refractivity contribution in [1.82, 2.24) is 14.9 Å². The number of aliphatic hydroxyl groups is 1. The van der Waals surface area contributed by atoms with Crippen molar-refractivity contribution in [3.8, 4) is 23.1 Å². The highest BCUT2D eigenvalue weighted by molar-refractivity contribution is 5.87. The second kappa shape index (κ2) is 11.4. The van der Waals surface area contributed by atoms with Crippen molar-refractivity contribution in [2.75, 3.05) is 32.1 Å².